The maximum absolute atomic E-state index is 12.8. The molecule has 0 bridgehead atoms. The zero-order valence-electron chi connectivity index (χ0n) is 16.5. The number of hydrogen-bond donors (Lipinski definition) is 2. The smallest absolute Gasteiger partial charge is 0.262 e. The molecule has 0 radical (unpaired) electrons. The Hall–Kier alpha value is -3.62. The average Bonchev–Trinajstić information content (AvgIpc) is 2.96. The molecule has 154 valence electrons. The van der Waals surface area contributed by atoms with Crippen LogP contribution in [0.4, 0.5) is 5.82 Å². The van der Waals surface area contributed by atoms with Crippen molar-refractivity contribution in [1.29, 1.82) is 0 Å². The quantitative estimate of drug-likeness (QED) is 0.546. The van der Waals surface area contributed by atoms with Crippen molar-refractivity contribution in [3.05, 3.63) is 53.0 Å². The minimum absolute atomic E-state index is 0.105. The van der Waals surface area contributed by atoms with Gasteiger partial charge in [-0.25, -0.2) is 9.97 Å². The maximum atomic E-state index is 12.8. The van der Waals surface area contributed by atoms with Crippen LogP contribution in [0.5, 0.6) is 0 Å². The number of aromatic nitrogens is 2. The van der Waals surface area contributed by atoms with E-state index in [1.54, 1.807) is 24.4 Å². The molecule has 4 rings (SSSR count). The second-order valence-corrected chi connectivity index (χ2v) is 7.35. The number of aryl methyl sites for hydroxylation is 2. The van der Waals surface area contributed by atoms with Gasteiger partial charge in [0.25, 0.3) is 11.8 Å². The molecule has 2 aliphatic heterocycles. The second kappa shape index (κ2) is 8.02. The van der Waals surface area contributed by atoms with Crippen molar-refractivity contribution in [2.24, 2.45) is 0 Å². The van der Waals surface area contributed by atoms with Gasteiger partial charge >= 0.3 is 0 Å². The van der Waals surface area contributed by atoms with Gasteiger partial charge in [0, 0.05) is 19.2 Å². The number of nitrogens with one attached hydrogen (secondary N) is 2. The molecule has 9 nitrogen and oxygen atoms in total. The highest BCUT2D eigenvalue weighted by molar-refractivity contribution is 6.23. The Morgan fingerprint density at radius 3 is 2.70 bits per heavy atom. The van der Waals surface area contributed by atoms with E-state index < -0.39 is 23.8 Å². The van der Waals surface area contributed by atoms with Gasteiger partial charge in [0.2, 0.25) is 11.8 Å². The highest BCUT2D eigenvalue weighted by atomic mass is 16.2. The van der Waals surface area contributed by atoms with Gasteiger partial charge in [0.05, 0.1) is 11.1 Å². The lowest BCUT2D eigenvalue weighted by Crippen LogP contribution is -2.54. The van der Waals surface area contributed by atoms with Gasteiger partial charge in [0.15, 0.2) is 0 Å². The third-order valence-electron chi connectivity index (χ3n) is 5.23. The third-order valence-corrected chi connectivity index (χ3v) is 5.23. The molecular formula is C21H21N5O4. The van der Waals surface area contributed by atoms with E-state index in [2.05, 4.69) is 20.6 Å². The predicted octanol–water partition coefficient (Wildman–Crippen LogP) is 1.23. The Morgan fingerprint density at radius 2 is 1.93 bits per heavy atom. The van der Waals surface area contributed by atoms with E-state index in [0.29, 0.717) is 29.9 Å². The van der Waals surface area contributed by atoms with Gasteiger partial charge in [-0.1, -0.05) is 6.07 Å². The minimum atomic E-state index is -0.945. The lowest BCUT2D eigenvalue weighted by atomic mass is 10.0. The van der Waals surface area contributed by atoms with Gasteiger partial charge < -0.3 is 5.32 Å². The third kappa shape index (κ3) is 3.78. The first-order valence-electron chi connectivity index (χ1n) is 9.82. The molecule has 30 heavy (non-hydrogen) atoms. The Kier molecular flexibility index (Phi) is 5.26. The zero-order chi connectivity index (χ0) is 21.3. The number of piperidine rings is 1. The van der Waals surface area contributed by atoms with Gasteiger partial charge in [0.1, 0.15) is 17.7 Å². The zero-order valence-corrected chi connectivity index (χ0v) is 16.5. The summed E-state index contributed by atoms with van der Waals surface area (Å²) >= 11 is 0. The number of carbonyl (C=O) groups is 4. The van der Waals surface area contributed by atoms with Crippen LogP contribution in [0.3, 0.4) is 0 Å². The van der Waals surface area contributed by atoms with Crippen molar-refractivity contribution < 1.29 is 19.2 Å². The van der Waals surface area contributed by atoms with E-state index in [4.69, 9.17) is 0 Å². The fourth-order valence-electron chi connectivity index (χ4n) is 3.74. The summed E-state index contributed by atoms with van der Waals surface area (Å²) in [6.07, 6.45) is 3.47. The molecule has 2 N–H and O–H groups in total. The fourth-order valence-corrected chi connectivity index (χ4v) is 3.74. The van der Waals surface area contributed by atoms with Crippen molar-refractivity contribution in [2.75, 3.05) is 11.9 Å². The first-order valence-corrected chi connectivity index (χ1v) is 9.82. The van der Waals surface area contributed by atoms with E-state index in [1.807, 2.05) is 13.0 Å². The lowest BCUT2D eigenvalue weighted by molar-refractivity contribution is -0.136. The normalized spacial score (nSPS) is 18.4. The Bertz CT molecular complexity index is 1050. The second-order valence-electron chi connectivity index (χ2n) is 7.35. The summed E-state index contributed by atoms with van der Waals surface area (Å²) in [5.74, 6) is -0.509. The van der Waals surface area contributed by atoms with Crippen LogP contribution in [0, 0.1) is 6.92 Å². The first-order chi connectivity index (χ1) is 14.4. The molecule has 0 saturated carbocycles. The highest BCUT2D eigenvalue weighted by Crippen LogP contribution is 2.28. The molecule has 1 aromatic heterocycles. The van der Waals surface area contributed by atoms with Crippen molar-refractivity contribution >= 4 is 29.4 Å². The number of amides is 4. The van der Waals surface area contributed by atoms with Crippen LogP contribution < -0.4 is 10.6 Å². The van der Waals surface area contributed by atoms with E-state index in [0.717, 1.165) is 22.7 Å². The molecule has 0 aliphatic carbocycles. The highest BCUT2D eigenvalue weighted by Gasteiger charge is 2.44. The van der Waals surface area contributed by atoms with Crippen LogP contribution in [-0.2, 0) is 16.0 Å². The van der Waals surface area contributed by atoms with Crippen LogP contribution >= 0.6 is 0 Å². The number of carbonyl (C=O) groups excluding carboxylic acids is 4. The van der Waals surface area contributed by atoms with E-state index in [-0.39, 0.29) is 18.7 Å². The molecule has 1 fully saturated rings. The molecule has 2 aromatic rings. The maximum Gasteiger partial charge on any atom is 0.262 e. The van der Waals surface area contributed by atoms with Crippen LogP contribution in [0.1, 0.15) is 51.4 Å². The molecule has 9 heteroatoms. The SMILES string of the molecule is Cc1nccc(NCCCc2ccc3c(c2)C(=O)N(C2CCC(=O)NC2=O)C3=O)n1. The first kappa shape index (κ1) is 19.7. The lowest BCUT2D eigenvalue weighted by Gasteiger charge is -2.27. The van der Waals surface area contributed by atoms with E-state index in [1.165, 1.54) is 0 Å². The Morgan fingerprint density at radius 1 is 1.13 bits per heavy atom. The number of benzene rings is 1. The monoisotopic (exact) mass is 407 g/mol. The van der Waals surface area contributed by atoms with Gasteiger partial charge in [-0.15, -0.1) is 0 Å². The van der Waals surface area contributed by atoms with Crippen molar-refractivity contribution in [3.8, 4) is 0 Å². The summed E-state index contributed by atoms with van der Waals surface area (Å²) in [6, 6.07) is 6.04. The Labute approximate surface area is 172 Å². The predicted molar refractivity (Wildman–Crippen MR) is 107 cm³/mol. The number of hydrogen-bond acceptors (Lipinski definition) is 7. The number of imide groups is 2. The van der Waals surface area contributed by atoms with Crippen LogP contribution in [0.2, 0.25) is 0 Å². The fraction of sp³-hybridized carbons (Fsp3) is 0.333. The van der Waals surface area contributed by atoms with Crippen molar-refractivity contribution in [3.63, 3.8) is 0 Å². The molecule has 1 atom stereocenters. The van der Waals surface area contributed by atoms with Gasteiger partial charge in [-0.2, -0.15) is 0 Å². The van der Waals surface area contributed by atoms with Crippen LogP contribution in [0.15, 0.2) is 30.5 Å². The molecule has 3 heterocycles. The minimum Gasteiger partial charge on any atom is -0.370 e. The number of nitrogens with zero attached hydrogens (tertiary/aromatic N) is 3. The summed E-state index contributed by atoms with van der Waals surface area (Å²) in [5, 5.41) is 5.43. The largest absolute Gasteiger partial charge is 0.370 e. The van der Waals surface area contributed by atoms with E-state index >= 15 is 0 Å². The summed E-state index contributed by atoms with van der Waals surface area (Å²) < 4.78 is 0. The molecule has 1 unspecified atom stereocenters. The molecule has 1 saturated heterocycles. The number of anilines is 1. The van der Waals surface area contributed by atoms with Crippen LogP contribution in [0.25, 0.3) is 0 Å². The summed E-state index contributed by atoms with van der Waals surface area (Å²) in [6.45, 7) is 2.52. The number of rotatable bonds is 6. The molecular weight excluding hydrogens is 386 g/mol. The molecule has 2 aliphatic rings. The Balaban J connectivity index is 1.40. The number of fused-ring (bicyclic) bond motifs is 1. The van der Waals surface area contributed by atoms with E-state index in [9.17, 15) is 19.2 Å². The summed E-state index contributed by atoms with van der Waals surface area (Å²) in [5.41, 5.74) is 1.53. The van der Waals surface area contributed by atoms with Crippen molar-refractivity contribution in [2.45, 2.75) is 38.6 Å². The summed E-state index contributed by atoms with van der Waals surface area (Å²) in [4.78, 5) is 58.4. The molecule has 4 amide bonds. The summed E-state index contributed by atoms with van der Waals surface area (Å²) in [7, 11) is 0. The molecule has 1 aromatic carbocycles. The van der Waals surface area contributed by atoms with Crippen molar-refractivity contribution in [1.82, 2.24) is 20.2 Å². The topological polar surface area (TPSA) is 121 Å². The van der Waals surface area contributed by atoms with Gasteiger partial charge in [-0.05, 0) is 49.9 Å². The molecule has 0 spiro atoms. The standard InChI is InChI=1S/C21H21N5O4/c1-12-22-10-8-17(24-12)23-9-2-3-13-4-5-14-15(11-13)21(30)26(20(14)29)16-6-7-18(27)25-19(16)28/h4-5,8,10-11,16H,2-3,6-7,9H2,1H3,(H,22,23,24)(H,25,27,28). The average molecular weight is 407 g/mol. The van der Waals surface area contributed by atoms with Crippen LogP contribution in [-0.4, -0.2) is 51.1 Å². The van der Waals surface area contributed by atoms with Gasteiger partial charge in [-0.3, -0.25) is 29.4 Å².